The fourth-order valence-corrected chi connectivity index (χ4v) is 4.53. The van der Waals surface area contributed by atoms with E-state index in [9.17, 15) is 4.79 Å². The predicted molar refractivity (Wildman–Crippen MR) is 124 cm³/mol. The highest BCUT2D eigenvalue weighted by Gasteiger charge is 2.26. The first-order chi connectivity index (χ1) is 14.5. The van der Waals surface area contributed by atoms with Crippen molar-refractivity contribution < 1.29 is 4.79 Å². The molecule has 160 valence electrons. The van der Waals surface area contributed by atoms with Gasteiger partial charge in [0.15, 0.2) is 0 Å². The Labute approximate surface area is 181 Å². The van der Waals surface area contributed by atoms with Crippen LogP contribution in [0.25, 0.3) is 0 Å². The summed E-state index contributed by atoms with van der Waals surface area (Å²) >= 11 is 0. The van der Waals surface area contributed by atoms with Crippen LogP contribution in [0, 0.1) is 20.8 Å². The molecule has 0 spiro atoms. The number of amides is 1. The Kier molecular flexibility index (Phi) is 7.78. The molecule has 1 saturated carbocycles. The number of hydrogen-bond acceptors (Lipinski definition) is 3. The summed E-state index contributed by atoms with van der Waals surface area (Å²) in [5, 5.41) is 3.33. The largest absolute Gasteiger partial charge is 0.353 e. The number of aliphatic imine (C=N–C) groups is 1. The van der Waals surface area contributed by atoms with Crippen molar-refractivity contribution >= 4 is 12.1 Å². The normalized spacial score (nSPS) is 19.6. The maximum Gasteiger partial charge on any atom is 0.220 e. The Bertz CT molecular complexity index is 903. The molecule has 0 saturated heterocycles. The predicted octanol–water partition coefficient (Wildman–Crippen LogP) is 5.22. The van der Waals surface area contributed by atoms with Crippen molar-refractivity contribution in [3.05, 3.63) is 64.0 Å². The molecule has 1 N–H and O–H groups in total. The van der Waals surface area contributed by atoms with Crippen LogP contribution in [0.5, 0.6) is 0 Å². The lowest BCUT2D eigenvalue weighted by molar-refractivity contribution is -0.121. The minimum atomic E-state index is 0.160. The van der Waals surface area contributed by atoms with E-state index in [0.717, 1.165) is 43.4 Å². The minimum absolute atomic E-state index is 0.160. The Hall–Kier alpha value is -2.49. The summed E-state index contributed by atoms with van der Waals surface area (Å²) in [6.45, 7) is 6.36. The summed E-state index contributed by atoms with van der Waals surface area (Å²) in [5.41, 5.74) is 7.27. The third-order valence-electron chi connectivity index (χ3n) is 6.49. The summed E-state index contributed by atoms with van der Waals surface area (Å²) in [6, 6.07) is 8.53. The topological polar surface area (TPSA) is 54.4 Å². The van der Waals surface area contributed by atoms with E-state index in [1.54, 1.807) is 0 Å². The van der Waals surface area contributed by atoms with Gasteiger partial charge in [0.1, 0.15) is 0 Å². The second kappa shape index (κ2) is 10.5. The van der Waals surface area contributed by atoms with Gasteiger partial charge in [-0.05, 0) is 68.7 Å². The zero-order chi connectivity index (χ0) is 21.5. The lowest BCUT2D eigenvalue weighted by atomic mass is 9.89. The maximum absolute atomic E-state index is 12.7. The first-order valence-corrected chi connectivity index (χ1v) is 11.2. The number of carbonyl (C=O) groups is 1. The second-order valence-corrected chi connectivity index (χ2v) is 8.66. The van der Waals surface area contributed by atoms with E-state index in [1.165, 1.54) is 28.7 Å². The molecule has 30 heavy (non-hydrogen) atoms. The molecule has 3 rings (SSSR count). The smallest absolute Gasteiger partial charge is 0.220 e. The molecule has 0 bridgehead atoms. The van der Waals surface area contributed by atoms with Crippen molar-refractivity contribution in [2.75, 3.05) is 7.05 Å². The van der Waals surface area contributed by atoms with Gasteiger partial charge in [-0.2, -0.15) is 0 Å². The molecule has 2 atom stereocenters. The highest BCUT2D eigenvalue weighted by atomic mass is 16.1. The molecule has 1 aromatic carbocycles. The molecule has 1 aliphatic carbocycles. The van der Waals surface area contributed by atoms with Crippen molar-refractivity contribution in [3.63, 3.8) is 0 Å². The monoisotopic (exact) mass is 405 g/mol. The van der Waals surface area contributed by atoms with Gasteiger partial charge in [0.2, 0.25) is 5.91 Å². The van der Waals surface area contributed by atoms with Crippen molar-refractivity contribution in [2.45, 2.75) is 77.7 Å². The van der Waals surface area contributed by atoms with Gasteiger partial charge in [0.25, 0.3) is 0 Å². The van der Waals surface area contributed by atoms with Gasteiger partial charge in [-0.25, -0.2) is 0 Å². The van der Waals surface area contributed by atoms with Crippen LogP contribution in [0.3, 0.4) is 0 Å². The Morgan fingerprint density at radius 2 is 1.93 bits per heavy atom. The number of pyridine rings is 1. The number of aryl methyl sites for hydroxylation is 3. The van der Waals surface area contributed by atoms with Crippen LogP contribution in [0.1, 0.15) is 78.0 Å². The number of benzene rings is 1. The molecule has 4 nitrogen and oxygen atoms in total. The van der Waals surface area contributed by atoms with Crippen LogP contribution in [0.2, 0.25) is 0 Å². The standard InChI is InChI=1S/C26H35N3O/c1-18-9-5-6-10-21(18)13-14-25(30)29-23-12-8-7-11-22(15-23)26-24(17-27-4)20(3)19(2)16-28-26/h5-6,9-10,16-17,22-23H,7-8,11-15H2,1-4H3,(H,29,30). The van der Waals surface area contributed by atoms with E-state index in [4.69, 9.17) is 4.98 Å². The second-order valence-electron chi connectivity index (χ2n) is 8.66. The van der Waals surface area contributed by atoms with Crippen molar-refractivity contribution in [1.29, 1.82) is 0 Å². The zero-order valence-electron chi connectivity index (χ0n) is 18.9. The Balaban J connectivity index is 1.67. The van der Waals surface area contributed by atoms with Gasteiger partial charge >= 0.3 is 0 Å². The van der Waals surface area contributed by atoms with Crippen LogP contribution >= 0.6 is 0 Å². The number of hydrogen-bond donors (Lipinski definition) is 1. The van der Waals surface area contributed by atoms with E-state index in [-0.39, 0.29) is 11.9 Å². The van der Waals surface area contributed by atoms with Gasteiger partial charge in [-0.15, -0.1) is 0 Å². The van der Waals surface area contributed by atoms with Crippen LogP contribution in [-0.4, -0.2) is 30.2 Å². The number of nitrogens with zero attached hydrogens (tertiary/aromatic N) is 2. The molecular formula is C26H35N3O. The van der Waals surface area contributed by atoms with E-state index in [1.807, 2.05) is 31.6 Å². The van der Waals surface area contributed by atoms with Gasteiger partial charge in [0.05, 0.1) is 5.69 Å². The fraction of sp³-hybridized carbons (Fsp3) is 0.500. The molecule has 0 radical (unpaired) electrons. The molecule has 1 heterocycles. The van der Waals surface area contributed by atoms with E-state index in [0.29, 0.717) is 12.3 Å². The molecular weight excluding hydrogens is 370 g/mol. The molecule has 2 aromatic rings. The highest BCUT2D eigenvalue weighted by molar-refractivity contribution is 5.83. The average molecular weight is 406 g/mol. The Morgan fingerprint density at radius 1 is 1.17 bits per heavy atom. The van der Waals surface area contributed by atoms with Crippen molar-refractivity contribution in [2.24, 2.45) is 4.99 Å². The summed E-state index contributed by atoms with van der Waals surface area (Å²) < 4.78 is 0. The van der Waals surface area contributed by atoms with Gasteiger partial charge < -0.3 is 5.32 Å². The van der Waals surface area contributed by atoms with E-state index < -0.39 is 0 Å². The highest BCUT2D eigenvalue weighted by Crippen LogP contribution is 2.33. The van der Waals surface area contributed by atoms with Crippen LogP contribution < -0.4 is 5.32 Å². The maximum atomic E-state index is 12.7. The van der Waals surface area contributed by atoms with Gasteiger partial charge in [-0.1, -0.05) is 37.1 Å². The lowest BCUT2D eigenvalue weighted by Crippen LogP contribution is -2.35. The summed E-state index contributed by atoms with van der Waals surface area (Å²) in [6.07, 6.45) is 10.7. The van der Waals surface area contributed by atoms with Gasteiger partial charge in [-0.3, -0.25) is 14.8 Å². The summed E-state index contributed by atoms with van der Waals surface area (Å²) in [7, 11) is 1.82. The average Bonchev–Trinajstić information content (AvgIpc) is 2.96. The molecule has 2 unspecified atom stereocenters. The number of aromatic nitrogens is 1. The van der Waals surface area contributed by atoms with Crippen molar-refractivity contribution in [1.82, 2.24) is 10.3 Å². The zero-order valence-corrected chi connectivity index (χ0v) is 18.9. The van der Waals surface area contributed by atoms with Crippen LogP contribution in [-0.2, 0) is 11.2 Å². The number of carbonyl (C=O) groups excluding carboxylic acids is 1. The molecule has 1 aliphatic rings. The molecule has 1 aromatic heterocycles. The fourth-order valence-electron chi connectivity index (χ4n) is 4.53. The number of rotatable bonds is 6. The van der Waals surface area contributed by atoms with Gasteiger partial charge in [0, 0.05) is 43.4 Å². The third-order valence-corrected chi connectivity index (χ3v) is 6.49. The molecule has 4 heteroatoms. The molecule has 0 aliphatic heterocycles. The number of nitrogens with one attached hydrogen (secondary N) is 1. The van der Waals surface area contributed by atoms with Crippen LogP contribution in [0.15, 0.2) is 35.5 Å². The van der Waals surface area contributed by atoms with Crippen molar-refractivity contribution in [3.8, 4) is 0 Å². The SMILES string of the molecule is CN=Cc1c(C2CCCCC(NC(=O)CCc3ccccc3C)C2)ncc(C)c1C. The molecule has 1 fully saturated rings. The Morgan fingerprint density at radius 3 is 2.70 bits per heavy atom. The van der Waals surface area contributed by atoms with E-state index >= 15 is 0 Å². The third kappa shape index (κ3) is 5.56. The quantitative estimate of drug-likeness (QED) is 0.529. The minimum Gasteiger partial charge on any atom is -0.353 e. The summed E-state index contributed by atoms with van der Waals surface area (Å²) in [5.74, 6) is 0.522. The first-order valence-electron chi connectivity index (χ1n) is 11.2. The molecule has 1 amide bonds. The lowest BCUT2D eigenvalue weighted by Gasteiger charge is -2.23. The van der Waals surface area contributed by atoms with Crippen LogP contribution in [0.4, 0.5) is 0 Å². The van der Waals surface area contributed by atoms with E-state index in [2.05, 4.69) is 43.2 Å². The first kappa shape index (κ1) is 22.2. The summed E-state index contributed by atoms with van der Waals surface area (Å²) in [4.78, 5) is 21.8.